The molecule has 2 heterocycles. The Morgan fingerprint density at radius 2 is 2.44 bits per heavy atom. The number of hydrogen-bond acceptors (Lipinski definition) is 4. The van der Waals surface area contributed by atoms with Gasteiger partial charge in [0.05, 0.1) is 5.69 Å². The van der Waals surface area contributed by atoms with Crippen molar-refractivity contribution in [3.8, 4) is 0 Å². The molecule has 1 N–H and O–H groups in total. The van der Waals surface area contributed by atoms with Crippen LogP contribution in [0, 0.1) is 0 Å². The lowest BCUT2D eigenvalue weighted by molar-refractivity contribution is 0.533. The summed E-state index contributed by atoms with van der Waals surface area (Å²) in [5, 5.41) is 3.24. The number of rotatable bonds is 4. The van der Waals surface area contributed by atoms with Gasteiger partial charge in [0.25, 0.3) is 6.01 Å². The fourth-order valence-corrected chi connectivity index (χ4v) is 1.85. The van der Waals surface area contributed by atoms with E-state index >= 15 is 0 Å². The molecule has 0 unspecified atom stereocenters. The molecule has 2 rings (SSSR count). The number of hydrogen-bond donors (Lipinski definition) is 1. The summed E-state index contributed by atoms with van der Waals surface area (Å²) in [7, 11) is 0. The summed E-state index contributed by atoms with van der Waals surface area (Å²) in [5.41, 5.74) is 2.36. The molecule has 0 bridgehead atoms. The second-order valence-electron chi connectivity index (χ2n) is 4.16. The smallest absolute Gasteiger partial charge is 0.297 e. The molecule has 0 radical (unpaired) electrons. The summed E-state index contributed by atoms with van der Waals surface area (Å²) in [4.78, 5) is 6.66. The van der Waals surface area contributed by atoms with Crippen LogP contribution in [0.4, 0.5) is 6.01 Å². The van der Waals surface area contributed by atoms with Crippen molar-refractivity contribution in [3.05, 3.63) is 23.6 Å². The Bertz CT molecular complexity index is 370. The average molecular weight is 221 g/mol. The monoisotopic (exact) mass is 221 g/mol. The van der Waals surface area contributed by atoms with E-state index in [0.29, 0.717) is 0 Å². The molecule has 0 spiro atoms. The summed E-state index contributed by atoms with van der Waals surface area (Å²) >= 11 is 0. The van der Waals surface area contributed by atoms with E-state index in [1.165, 1.54) is 5.57 Å². The van der Waals surface area contributed by atoms with Gasteiger partial charge in [0.2, 0.25) is 0 Å². The van der Waals surface area contributed by atoms with Crippen molar-refractivity contribution >= 4 is 6.01 Å². The second kappa shape index (κ2) is 5.16. The maximum Gasteiger partial charge on any atom is 0.297 e. The number of aromatic nitrogens is 1. The highest BCUT2D eigenvalue weighted by Gasteiger charge is 2.15. The summed E-state index contributed by atoms with van der Waals surface area (Å²) in [6, 6.07) is 0.750. The fraction of sp³-hybridized carbons (Fsp3) is 0.583. The van der Waals surface area contributed by atoms with Gasteiger partial charge in [-0.1, -0.05) is 18.6 Å². The molecular formula is C12H19N3O. The highest BCUT2D eigenvalue weighted by Crippen LogP contribution is 2.18. The Kier molecular flexibility index (Phi) is 3.62. The molecule has 0 saturated heterocycles. The maximum atomic E-state index is 5.50. The third kappa shape index (κ3) is 2.64. The Balaban J connectivity index is 1.99. The molecule has 1 aliphatic rings. The highest BCUT2D eigenvalue weighted by atomic mass is 16.4. The van der Waals surface area contributed by atoms with Crippen LogP contribution >= 0.6 is 0 Å². The van der Waals surface area contributed by atoms with Crippen LogP contribution in [0.25, 0.3) is 0 Å². The van der Waals surface area contributed by atoms with Gasteiger partial charge in [0, 0.05) is 19.6 Å². The van der Waals surface area contributed by atoms with Gasteiger partial charge >= 0.3 is 0 Å². The molecule has 0 atom stereocenters. The van der Waals surface area contributed by atoms with Crippen LogP contribution in [0.15, 0.2) is 22.3 Å². The van der Waals surface area contributed by atoms with E-state index in [1.54, 1.807) is 6.26 Å². The van der Waals surface area contributed by atoms with E-state index in [0.717, 1.165) is 44.3 Å². The molecule has 4 nitrogen and oxygen atoms in total. The Morgan fingerprint density at radius 3 is 3.19 bits per heavy atom. The van der Waals surface area contributed by atoms with Crippen LogP contribution in [0.1, 0.15) is 26.0 Å². The number of oxazole rings is 1. The van der Waals surface area contributed by atoms with E-state index < -0.39 is 0 Å². The Labute approximate surface area is 96.3 Å². The molecule has 0 saturated carbocycles. The predicted octanol–water partition coefficient (Wildman–Crippen LogP) is 1.94. The van der Waals surface area contributed by atoms with Crippen molar-refractivity contribution in [2.75, 3.05) is 24.5 Å². The standard InChI is InChI=1S/C12H19N3O/c1-3-13-7-11-9-16-12(14-11)15-6-4-5-10(2)8-15/h5,9,13H,3-4,6-8H2,1-2H3. The van der Waals surface area contributed by atoms with Crippen molar-refractivity contribution in [3.63, 3.8) is 0 Å². The molecule has 16 heavy (non-hydrogen) atoms. The van der Waals surface area contributed by atoms with Crippen LogP contribution in [0.2, 0.25) is 0 Å². The fourth-order valence-electron chi connectivity index (χ4n) is 1.85. The van der Waals surface area contributed by atoms with Gasteiger partial charge in [-0.25, -0.2) is 0 Å². The van der Waals surface area contributed by atoms with E-state index in [-0.39, 0.29) is 0 Å². The molecule has 88 valence electrons. The zero-order chi connectivity index (χ0) is 11.4. The van der Waals surface area contributed by atoms with Crippen LogP contribution < -0.4 is 10.2 Å². The van der Waals surface area contributed by atoms with Crippen LogP contribution in [0.3, 0.4) is 0 Å². The van der Waals surface area contributed by atoms with Gasteiger partial charge in [-0.15, -0.1) is 0 Å². The molecule has 1 aromatic rings. The average Bonchev–Trinajstić information content (AvgIpc) is 2.75. The van der Waals surface area contributed by atoms with Gasteiger partial charge in [-0.05, 0) is 19.9 Å². The van der Waals surface area contributed by atoms with Crippen molar-refractivity contribution < 1.29 is 4.42 Å². The van der Waals surface area contributed by atoms with Crippen molar-refractivity contribution in [2.24, 2.45) is 0 Å². The minimum Gasteiger partial charge on any atom is -0.432 e. The summed E-state index contributed by atoms with van der Waals surface area (Å²) < 4.78 is 5.50. The first-order chi connectivity index (χ1) is 7.79. The quantitative estimate of drug-likeness (QED) is 0.789. The third-order valence-corrected chi connectivity index (χ3v) is 2.70. The Morgan fingerprint density at radius 1 is 1.56 bits per heavy atom. The molecule has 0 fully saturated rings. The Hall–Kier alpha value is -1.29. The van der Waals surface area contributed by atoms with Gasteiger partial charge in [0.1, 0.15) is 6.26 Å². The van der Waals surface area contributed by atoms with Crippen molar-refractivity contribution in [2.45, 2.75) is 26.8 Å². The lowest BCUT2D eigenvalue weighted by Gasteiger charge is -2.24. The maximum absolute atomic E-state index is 5.50. The van der Waals surface area contributed by atoms with E-state index in [2.05, 4.69) is 35.1 Å². The number of anilines is 1. The molecule has 0 amide bonds. The summed E-state index contributed by atoms with van der Waals surface area (Å²) in [5.74, 6) is 0. The second-order valence-corrected chi connectivity index (χ2v) is 4.16. The van der Waals surface area contributed by atoms with Crippen LogP contribution in [-0.2, 0) is 6.54 Å². The molecule has 0 aliphatic carbocycles. The van der Waals surface area contributed by atoms with Crippen LogP contribution in [0.5, 0.6) is 0 Å². The van der Waals surface area contributed by atoms with Gasteiger partial charge < -0.3 is 14.6 Å². The summed E-state index contributed by atoms with van der Waals surface area (Å²) in [6.07, 6.45) is 5.10. The van der Waals surface area contributed by atoms with Gasteiger partial charge in [0.15, 0.2) is 0 Å². The lowest BCUT2D eigenvalue weighted by Crippen LogP contribution is -2.29. The zero-order valence-electron chi connectivity index (χ0n) is 9.99. The number of nitrogens with one attached hydrogen (secondary N) is 1. The SMILES string of the molecule is CCNCc1coc(N2CCC=C(C)C2)n1. The molecule has 1 aliphatic heterocycles. The van der Waals surface area contributed by atoms with E-state index in [1.807, 2.05) is 0 Å². The molecule has 0 aromatic carbocycles. The third-order valence-electron chi connectivity index (χ3n) is 2.70. The number of nitrogens with zero attached hydrogens (tertiary/aromatic N) is 2. The first-order valence-corrected chi connectivity index (χ1v) is 5.85. The summed E-state index contributed by atoms with van der Waals surface area (Å²) in [6.45, 7) is 7.89. The topological polar surface area (TPSA) is 41.3 Å². The molecular weight excluding hydrogens is 202 g/mol. The van der Waals surface area contributed by atoms with Crippen molar-refractivity contribution in [1.29, 1.82) is 0 Å². The van der Waals surface area contributed by atoms with Crippen LogP contribution in [-0.4, -0.2) is 24.6 Å². The minimum atomic E-state index is 0.750. The molecule has 1 aromatic heterocycles. The largest absolute Gasteiger partial charge is 0.432 e. The van der Waals surface area contributed by atoms with Gasteiger partial charge in [-0.3, -0.25) is 0 Å². The first kappa shape index (κ1) is 11.2. The van der Waals surface area contributed by atoms with Gasteiger partial charge in [-0.2, -0.15) is 4.98 Å². The van der Waals surface area contributed by atoms with Crippen molar-refractivity contribution in [1.82, 2.24) is 10.3 Å². The lowest BCUT2D eigenvalue weighted by atomic mass is 10.1. The van der Waals surface area contributed by atoms with E-state index in [9.17, 15) is 0 Å². The highest BCUT2D eigenvalue weighted by molar-refractivity contribution is 5.32. The normalized spacial score (nSPS) is 16.4. The van der Waals surface area contributed by atoms with E-state index in [4.69, 9.17) is 4.42 Å². The molecule has 4 heteroatoms. The first-order valence-electron chi connectivity index (χ1n) is 5.85. The predicted molar refractivity (Wildman–Crippen MR) is 64.5 cm³/mol. The minimum absolute atomic E-state index is 0.750. The zero-order valence-corrected chi connectivity index (χ0v) is 9.99.